The predicted octanol–water partition coefficient (Wildman–Crippen LogP) is 3.99. The normalized spacial score (nSPS) is 13.4. The maximum atomic E-state index is 13.1. The van der Waals surface area contributed by atoms with E-state index in [1.165, 1.54) is 28.6 Å². The Balaban J connectivity index is 1.60. The minimum Gasteiger partial charge on any atom is -0.322 e. The molecular weight excluding hydrogens is 418 g/mol. The quantitative estimate of drug-likeness (QED) is 0.479. The molecule has 1 N–H and O–H groups in total. The molecule has 0 aliphatic carbocycles. The summed E-state index contributed by atoms with van der Waals surface area (Å²) in [6, 6.07) is 18.8. The molecule has 0 saturated heterocycles. The van der Waals surface area contributed by atoms with Gasteiger partial charge >= 0.3 is 0 Å². The van der Waals surface area contributed by atoms with Gasteiger partial charge in [0.15, 0.2) is 0 Å². The van der Waals surface area contributed by atoms with Crippen LogP contribution in [-0.4, -0.2) is 25.8 Å². The number of rotatable bonds is 5. The van der Waals surface area contributed by atoms with Crippen LogP contribution in [0.25, 0.3) is 0 Å². The molecule has 31 heavy (non-hydrogen) atoms. The Kier molecular flexibility index (Phi) is 5.43. The second-order valence-electron chi connectivity index (χ2n) is 7.10. The Bertz CT molecular complexity index is 1260. The van der Waals surface area contributed by atoms with Gasteiger partial charge in [0.25, 0.3) is 21.6 Å². The number of nitro benzene ring substituents is 1. The third-order valence-electron chi connectivity index (χ3n) is 5.06. The van der Waals surface area contributed by atoms with Crippen molar-refractivity contribution in [2.45, 2.75) is 17.7 Å². The fourth-order valence-corrected chi connectivity index (χ4v) is 5.14. The SMILES string of the molecule is O=C(Nc1ccc2c(c1)CCCN2S(=O)(=O)c1ccccc1)c1cccc([N+](=O)[O-])c1. The third kappa shape index (κ3) is 4.13. The van der Waals surface area contributed by atoms with E-state index in [4.69, 9.17) is 0 Å². The first-order valence-corrected chi connectivity index (χ1v) is 11.1. The number of amides is 1. The summed E-state index contributed by atoms with van der Waals surface area (Å²) in [6.07, 6.45) is 1.33. The van der Waals surface area contributed by atoms with Crippen molar-refractivity contribution < 1.29 is 18.1 Å². The van der Waals surface area contributed by atoms with Gasteiger partial charge in [-0.1, -0.05) is 24.3 Å². The van der Waals surface area contributed by atoms with Gasteiger partial charge in [-0.05, 0) is 54.8 Å². The van der Waals surface area contributed by atoms with Crippen molar-refractivity contribution in [3.63, 3.8) is 0 Å². The molecule has 3 aromatic carbocycles. The van der Waals surface area contributed by atoms with Crippen LogP contribution in [0, 0.1) is 10.1 Å². The lowest BCUT2D eigenvalue weighted by atomic mass is 10.0. The van der Waals surface area contributed by atoms with Crippen LogP contribution < -0.4 is 9.62 Å². The van der Waals surface area contributed by atoms with E-state index in [9.17, 15) is 23.3 Å². The molecule has 3 aromatic rings. The maximum Gasteiger partial charge on any atom is 0.270 e. The van der Waals surface area contributed by atoms with E-state index >= 15 is 0 Å². The lowest BCUT2D eigenvalue weighted by Gasteiger charge is -2.30. The van der Waals surface area contributed by atoms with Gasteiger partial charge in [-0.15, -0.1) is 0 Å². The van der Waals surface area contributed by atoms with Crippen LogP contribution >= 0.6 is 0 Å². The molecule has 1 aliphatic rings. The summed E-state index contributed by atoms with van der Waals surface area (Å²) >= 11 is 0. The summed E-state index contributed by atoms with van der Waals surface area (Å²) in [6.45, 7) is 0.379. The van der Waals surface area contributed by atoms with E-state index in [1.807, 2.05) is 0 Å². The number of hydrogen-bond donors (Lipinski definition) is 1. The van der Waals surface area contributed by atoms with Crippen LogP contribution in [0.2, 0.25) is 0 Å². The maximum absolute atomic E-state index is 13.1. The Labute approximate surface area is 179 Å². The molecule has 1 aliphatic heterocycles. The number of hydrogen-bond acceptors (Lipinski definition) is 5. The van der Waals surface area contributed by atoms with E-state index in [2.05, 4.69) is 5.32 Å². The van der Waals surface area contributed by atoms with Gasteiger partial charge < -0.3 is 5.32 Å². The van der Waals surface area contributed by atoms with Crippen LogP contribution in [0.1, 0.15) is 22.3 Å². The van der Waals surface area contributed by atoms with Gasteiger partial charge in [0.05, 0.1) is 15.5 Å². The van der Waals surface area contributed by atoms with Gasteiger partial charge in [0.1, 0.15) is 0 Å². The molecule has 9 heteroatoms. The fourth-order valence-electron chi connectivity index (χ4n) is 3.57. The topological polar surface area (TPSA) is 110 Å². The average Bonchev–Trinajstić information content (AvgIpc) is 2.79. The lowest BCUT2D eigenvalue weighted by molar-refractivity contribution is -0.384. The molecule has 1 heterocycles. The van der Waals surface area contributed by atoms with Crippen molar-refractivity contribution in [3.05, 3.63) is 94.0 Å². The molecular formula is C22H19N3O5S. The summed E-state index contributed by atoms with van der Waals surface area (Å²) in [4.78, 5) is 23.1. The molecule has 8 nitrogen and oxygen atoms in total. The number of nitrogens with zero attached hydrogens (tertiary/aromatic N) is 2. The highest BCUT2D eigenvalue weighted by atomic mass is 32.2. The summed E-state index contributed by atoms with van der Waals surface area (Å²) in [5.41, 5.74) is 1.89. The first-order valence-electron chi connectivity index (χ1n) is 9.63. The molecule has 0 spiro atoms. The first kappa shape index (κ1) is 20.5. The zero-order chi connectivity index (χ0) is 22.0. The van der Waals surface area contributed by atoms with E-state index in [0.717, 1.165) is 5.56 Å². The standard InChI is InChI=1S/C22H19N3O5S/c26-22(17-6-4-8-19(15-17)25(27)28)23-18-11-12-21-16(14-18)7-5-13-24(21)31(29,30)20-9-2-1-3-10-20/h1-4,6,8-12,14-15H,5,7,13H2,(H,23,26). The second-order valence-corrected chi connectivity index (χ2v) is 8.96. The van der Waals surface area contributed by atoms with Crippen molar-refractivity contribution in [2.24, 2.45) is 0 Å². The highest BCUT2D eigenvalue weighted by Crippen LogP contribution is 2.34. The Morgan fingerprint density at radius 3 is 2.52 bits per heavy atom. The number of carbonyl (C=O) groups excluding carboxylic acids is 1. The minimum atomic E-state index is -3.69. The van der Waals surface area contributed by atoms with Gasteiger partial charge in [-0.3, -0.25) is 19.2 Å². The second kappa shape index (κ2) is 8.19. The van der Waals surface area contributed by atoms with E-state index in [1.54, 1.807) is 48.5 Å². The molecule has 0 bridgehead atoms. The summed E-state index contributed by atoms with van der Waals surface area (Å²) in [5, 5.41) is 13.7. The van der Waals surface area contributed by atoms with Gasteiger partial charge in [0, 0.05) is 29.9 Å². The zero-order valence-electron chi connectivity index (χ0n) is 16.4. The Morgan fingerprint density at radius 2 is 1.77 bits per heavy atom. The Hall–Kier alpha value is -3.72. The largest absolute Gasteiger partial charge is 0.322 e. The lowest BCUT2D eigenvalue weighted by Crippen LogP contribution is -2.35. The van der Waals surface area contributed by atoms with E-state index < -0.39 is 20.9 Å². The van der Waals surface area contributed by atoms with E-state index in [0.29, 0.717) is 30.8 Å². The predicted molar refractivity (Wildman–Crippen MR) is 117 cm³/mol. The number of benzene rings is 3. The molecule has 1 amide bonds. The van der Waals surface area contributed by atoms with Gasteiger partial charge in [-0.25, -0.2) is 8.42 Å². The summed E-state index contributed by atoms with van der Waals surface area (Å²) < 4.78 is 27.6. The highest BCUT2D eigenvalue weighted by Gasteiger charge is 2.29. The van der Waals surface area contributed by atoms with Crippen molar-refractivity contribution in [2.75, 3.05) is 16.2 Å². The minimum absolute atomic E-state index is 0.167. The molecule has 0 unspecified atom stereocenters. The number of nitro groups is 1. The summed E-state index contributed by atoms with van der Waals surface area (Å²) in [5.74, 6) is -0.478. The van der Waals surface area contributed by atoms with Gasteiger partial charge in [0.2, 0.25) is 0 Å². The molecule has 0 fully saturated rings. The zero-order valence-corrected chi connectivity index (χ0v) is 17.2. The smallest absolute Gasteiger partial charge is 0.270 e. The number of carbonyl (C=O) groups is 1. The molecule has 0 radical (unpaired) electrons. The van der Waals surface area contributed by atoms with Crippen LogP contribution in [0.4, 0.5) is 17.1 Å². The average molecular weight is 437 g/mol. The number of nitrogens with one attached hydrogen (secondary N) is 1. The van der Waals surface area contributed by atoms with Crippen molar-refractivity contribution in [3.8, 4) is 0 Å². The fraction of sp³-hybridized carbons (Fsp3) is 0.136. The molecule has 4 rings (SSSR count). The van der Waals surface area contributed by atoms with Crippen molar-refractivity contribution in [1.82, 2.24) is 0 Å². The number of aryl methyl sites for hydroxylation is 1. The number of non-ortho nitro benzene ring substituents is 1. The van der Waals surface area contributed by atoms with E-state index in [-0.39, 0.29) is 16.1 Å². The third-order valence-corrected chi connectivity index (χ3v) is 6.89. The van der Waals surface area contributed by atoms with Crippen LogP contribution in [-0.2, 0) is 16.4 Å². The number of sulfonamides is 1. The Morgan fingerprint density at radius 1 is 1.00 bits per heavy atom. The van der Waals surface area contributed by atoms with Crippen molar-refractivity contribution >= 4 is 33.0 Å². The van der Waals surface area contributed by atoms with Crippen LogP contribution in [0.3, 0.4) is 0 Å². The molecule has 0 saturated carbocycles. The van der Waals surface area contributed by atoms with Crippen LogP contribution in [0.5, 0.6) is 0 Å². The van der Waals surface area contributed by atoms with Crippen molar-refractivity contribution in [1.29, 1.82) is 0 Å². The first-order chi connectivity index (χ1) is 14.9. The molecule has 0 aromatic heterocycles. The molecule has 0 atom stereocenters. The monoisotopic (exact) mass is 437 g/mol. The highest BCUT2D eigenvalue weighted by molar-refractivity contribution is 7.92. The van der Waals surface area contributed by atoms with Crippen LogP contribution in [0.15, 0.2) is 77.7 Å². The molecule has 158 valence electrons. The number of anilines is 2. The summed E-state index contributed by atoms with van der Waals surface area (Å²) in [7, 11) is -3.69. The number of fused-ring (bicyclic) bond motifs is 1. The van der Waals surface area contributed by atoms with Gasteiger partial charge in [-0.2, -0.15) is 0 Å².